The van der Waals surface area contributed by atoms with E-state index in [1.54, 1.807) is 13.8 Å². The minimum absolute atomic E-state index is 0.0449. The van der Waals surface area contributed by atoms with Crippen molar-refractivity contribution in [2.45, 2.75) is 51.4 Å². The lowest BCUT2D eigenvalue weighted by Gasteiger charge is -2.19. The monoisotopic (exact) mass is 562 g/mol. The number of hydrogen-bond donors (Lipinski definition) is 2. The van der Waals surface area contributed by atoms with Gasteiger partial charge in [0.25, 0.3) is 11.8 Å². The molecule has 1 aromatic heterocycles. The van der Waals surface area contributed by atoms with Crippen LogP contribution < -0.4 is 4.74 Å². The standard InChI is InChI=1S/C27H29F3N4O6/c1-15(2)24-25(26(38)33(3)13-16-4-5-18(29)10-22(16)30)31-34(19-8-6-17(28)7-9-19)27(24)40-14-21(36)11-20(35)12-23(37)32-39/h4-10,15,20-21,35-36H,11-14H2,1-3H3/t20-,21+/m1/s1. The van der Waals surface area contributed by atoms with Gasteiger partial charge in [0.1, 0.15) is 24.1 Å². The van der Waals surface area contributed by atoms with Gasteiger partial charge >= 0.3 is 0 Å². The number of carbonyl (C=O) groups excluding carboxylic acids is 2. The van der Waals surface area contributed by atoms with Gasteiger partial charge in [0, 0.05) is 42.4 Å². The Kier molecular flexibility index (Phi) is 10.1. The number of aliphatic hydroxyl groups excluding tert-OH is 2. The number of rotatable bonds is 12. The van der Waals surface area contributed by atoms with E-state index < -0.39 is 54.5 Å². The molecule has 2 aromatic carbocycles. The summed E-state index contributed by atoms with van der Waals surface area (Å²) in [5.74, 6) is -4.03. The first-order valence-electron chi connectivity index (χ1n) is 12.3. The zero-order valence-electron chi connectivity index (χ0n) is 22.1. The molecule has 0 spiro atoms. The Hall–Kier alpha value is -4.10. The fourth-order valence-electron chi connectivity index (χ4n) is 4.03. The summed E-state index contributed by atoms with van der Waals surface area (Å²) in [5, 5.41) is 26.9. The lowest BCUT2D eigenvalue weighted by molar-refractivity contribution is -0.120. The van der Waals surface area contributed by atoms with Crippen LogP contribution in [0.2, 0.25) is 0 Å². The van der Waals surface area contributed by atoms with Crippen LogP contribution in [0.1, 0.15) is 54.2 Å². The zero-order valence-corrected chi connectivity index (χ0v) is 22.1. The van der Waals surface area contributed by atoms with Gasteiger partial charge in [0.2, 0.25) is 5.88 Å². The van der Waals surface area contributed by atoms with Crippen LogP contribution >= 0.6 is 0 Å². The van der Waals surface area contributed by atoms with Crippen molar-refractivity contribution >= 4 is 11.8 Å². The smallest absolute Gasteiger partial charge is 0.288 e. The number of halogens is 3. The Balaban J connectivity index is 1.95. The summed E-state index contributed by atoms with van der Waals surface area (Å²) in [6.45, 7) is 2.96. The van der Waals surface area contributed by atoms with Crippen LogP contribution in [0, 0.1) is 22.4 Å². The fraction of sp³-hybridized carbons (Fsp3) is 0.370. The molecule has 214 valence electrons. The molecule has 3 aromatic rings. The molecule has 0 fully saturated rings. The summed E-state index contributed by atoms with van der Waals surface area (Å²) in [7, 11) is 1.42. The number of nitroso groups, excluding NO2 is 1. The fourth-order valence-corrected chi connectivity index (χ4v) is 4.03. The Bertz CT molecular complexity index is 1360. The molecule has 13 heteroatoms. The average molecular weight is 563 g/mol. The van der Waals surface area contributed by atoms with E-state index in [0.29, 0.717) is 11.3 Å². The summed E-state index contributed by atoms with van der Waals surface area (Å²) in [5.41, 5.74) is 0.717. The quantitative estimate of drug-likeness (QED) is 0.320. The molecule has 0 aliphatic heterocycles. The van der Waals surface area contributed by atoms with Gasteiger partial charge in [-0.05, 0) is 36.2 Å². The van der Waals surface area contributed by atoms with Crippen LogP contribution in [-0.2, 0) is 11.3 Å². The van der Waals surface area contributed by atoms with E-state index in [9.17, 15) is 37.9 Å². The van der Waals surface area contributed by atoms with E-state index in [1.165, 1.54) is 47.0 Å². The van der Waals surface area contributed by atoms with Crippen molar-refractivity contribution in [1.29, 1.82) is 0 Å². The number of nitrogens with zero attached hydrogens (tertiary/aromatic N) is 4. The van der Waals surface area contributed by atoms with E-state index in [1.807, 2.05) is 0 Å². The van der Waals surface area contributed by atoms with E-state index in [2.05, 4.69) is 10.3 Å². The number of aromatic nitrogens is 2. The van der Waals surface area contributed by atoms with Crippen LogP contribution in [0.25, 0.3) is 5.69 Å². The Morgan fingerprint density at radius 3 is 2.30 bits per heavy atom. The number of ether oxygens (including phenoxy) is 1. The largest absolute Gasteiger partial charge is 0.475 e. The second kappa shape index (κ2) is 13.3. The zero-order chi connectivity index (χ0) is 29.6. The molecule has 0 saturated heterocycles. The van der Waals surface area contributed by atoms with Crippen molar-refractivity contribution in [2.24, 2.45) is 5.18 Å². The first kappa shape index (κ1) is 30.4. The molecule has 0 radical (unpaired) electrons. The first-order chi connectivity index (χ1) is 18.9. The normalized spacial score (nSPS) is 12.7. The molecular weight excluding hydrogens is 533 g/mol. The number of aliphatic hydroxyl groups is 2. The van der Waals surface area contributed by atoms with Gasteiger partial charge in [-0.1, -0.05) is 19.9 Å². The highest BCUT2D eigenvalue weighted by Crippen LogP contribution is 2.34. The third-order valence-electron chi connectivity index (χ3n) is 5.97. The van der Waals surface area contributed by atoms with E-state index >= 15 is 0 Å². The molecule has 1 heterocycles. The van der Waals surface area contributed by atoms with Gasteiger partial charge in [0.05, 0.1) is 24.3 Å². The number of benzene rings is 2. The van der Waals surface area contributed by atoms with Gasteiger partial charge in [-0.15, -0.1) is 4.91 Å². The number of hydrogen-bond acceptors (Lipinski definition) is 7. The Morgan fingerprint density at radius 1 is 1.05 bits per heavy atom. The third kappa shape index (κ3) is 7.51. The minimum Gasteiger partial charge on any atom is -0.475 e. The van der Waals surface area contributed by atoms with Crippen LogP contribution in [-0.4, -0.2) is 62.6 Å². The van der Waals surface area contributed by atoms with Crippen LogP contribution in [0.3, 0.4) is 0 Å². The van der Waals surface area contributed by atoms with Crippen molar-refractivity contribution in [3.63, 3.8) is 0 Å². The molecule has 0 aliphatic rings. The Morgan fingerprint density at radius 2 is 1.70 bits per heavy atom. The highest BCUT2D eigenvalue weighted by molar-refractivity contribution is 5.94. The molecule has 0 bridgehead atoms. The molecule has 0 aliphatic carbocycles. The molecule has 2 amide bonds. The topological polar surface area (TPSA) is 134 Å². The van der Waals surface area contributed by atoms with Crippen LogP contribution in [0.15, 0.2) is 47.6 Å². The molecule has 0 unspecified atom stereocenters. The van der Waals surface area contributed by atoms with E-state index in [-0.39, 0.29) is 36.0 Å². The lowest BCUT2D eigenvalue weighted by atomic mass is 10.0. The maximum absolute atomic E-state index is 14.2. The summed E-state index contributed by atoms with van der Waals surface area (Å²) >= 11 is 0. The molecule has 3 rings (SSSR count). The average Bonchev–Trinajstić information content (AvgIpc) is 3.28. The van der Waals surface area contributed by atoms with Crippen LogP contribution in [0.5, 0.6) is 5.88 Å². The molecule has 2 N–H and O–H groups in total. The van der Waals surface area contributed by atoms with Gasteiger partial charge in [-0.3, -0.25) is 9.59 Å². The Labute approximate surface area is 228 Å². The van der Waals surface area contributed by atoms with Crippen molar-refractivity contribution in [1.82, 2.24) is 14.7 Å². The third-order valence-corrected chi connectivity index (χ3v) is 5.97. The molecule has 10 nitrogen and oxygen atoms in total. The maximum Gasteiger partial charge on any atom is 0.288 e. The van der Waals surface area contributed by atoms with E-state index in [0.717, 1.165) is 12.1 Å². The molecule has 40 heavy (non-hydrogen) atoms. The molecule has 0 saturated carbocycles. The molecule has 2 atom stereocenters. The van der Waals surface area contributed by atoms with Gasteiger partial charge in [-0.2, -0.15) is 5.10 Å². The van der Waals surface area contributed by atoms with Crippen molar-refractivity contribution < 1.29 is 37.7 Å². The second-order valence-electron chi connectivity index (χ2n) is 9.55. The van der Waals surface area contributed by atoms with Gasteiger partial charge in [0.15, 0.2) is 5.69 Å². The number of carbonyl (C=O) groups is 2. The SMILES string of the molecule is CC(C)c1c(C(=O)N(C)Cc2ccc(F)cc2F)nn(-c2ccc(F)cc2)c1OC[C@@H](O)C[C@@H](O)CC(=O)N=O. The summed E-state index contributed by atoms with van der Waals surface area (Å²) in [4.78, 5) is 36.1. The maximum atomic E-state index is 14.2. The summed E-state index contributed by atoms with van der Waals surface area (Å²) in [6, 6.07) is 8.22. The van der Waals surface area contributed by atoms with Crippen LogP contribution in [0.4, 0.5) is 13.2 Å². The predicted molar refractivity (Wildman–Crippen MR) is 137 cm³/mol. The van der Waals surface area contributed by atoms with Gasteiger partial charge < -0.3 is 19.8 Å². The summed E-state index contributed by atoms with van der Waals surface area (Å²) < 4.78 is 48.3. The van der Waals surface area contributed by atoms with Gasteiger partial charge in [-0.25, -0.2) is 17.9 Å². The number of amides is 2. The first-order valence-corrected chi connectivity index (χ1v) is 12.3. The van der Waals surface area contributed by atoms with Crippen molar-refractivity contribution in [3.05, 3.63) is 81.6 Å². The van der Waals surface area contributed by atoms with Crippen molar-refractivity contribution in [2.75, 3.05) is 13.7 Å². The van der Waals surface area contributed by atoms with E-state index in [4.69, 9.17) is 4.74 Å². The second-order valence-corrected chi connectivity index (χ2v) is 9.55. The minimum atomic E-state index is -1.34. The van der Waals surface area contributed by atoms with Crippen molar-refractivity contribution in [3.8, 4) is 11.6 Å². The highest BCUT2D eigenvalue weighted by atomic mass is 19.1. The predicted octanol–water partition coefficient (Wildman–Crippen LogP) is 3.86. The lowest BCUT2D eigenvalue weighted by Crippen LogP contribution is -2.28. The highest BCUT2D eigenvalue weighted by Gasteiger charge is 2.30. The summed E-state index contributed by atoms with van der Waals surface area (Å²) in [6.07, 6.45) is -3.49. The molecular formula is C27H29F3N4O6.